The van der Waals surface area contributed by atoms with Crippen molar-refractivity contribution in [3.05, 3.63) is 60.2 Å². The molecule has 2 amide bonds. The molecule has 25 heavy (non-hydrogen) atoms. The number of hydrogen-bond donors (Lipinski definition) is 1. The predicted octanol–water partition coefficient (Wildman–Crippen LogP) is 2.98. The number of nitrogens with zero attached hydrogens (tertiary/aromatic N) is 4. The summed E-state index contributed by atoms with van der Waals surface area (Å²) < 4.78 is 2.01. The van der Waals surface area contributed by atoms with Crippen molar-refractivity contribution in [3.8, 4) is 0 Å². The number of hydrogen-bond acceptors (Lipinski definition) is 3. The third kappa shape index (κ3) is 3.33. The lowest BCUT2D eigenvalue weighted by Crippen LogP contribution is -2.44. The van der Waals surface area contributed by atoms with Crippen LogP contribution in [0.25, 0.3) is 11.0 Å². The van der Waals surface area contributed by atoms with E-state index in [2.05, 4.69) is 15.6 Å². The van der Waals surface area contributed by atoms with Crippen LogP contribution in [0.2, 0.25) is 0 Å². The first-order valence-electron chi connectivity index (χ1n) is 8.68. The van der Waals surface area contributed by atoms with Gasteiger partial charge in [-0.05, 0) is 30.5 Å². The SMILES string of the molecule is O=C(NCc1ccccc1)N1CCC(n2nnc3ccccc32)CC1. The molecule has 1 aliphatic heterocycles. The average molecular weight is 335 g/mol. The topological polar surface area (TPSA) is 63.1 Å². The fourth-order valence-corrected chi connectivity index (χ4v) is 3.36. The second-order valence-corrected chi connectivity index (χ2v) is 6.39. The molecule has 1 aliphatic rings. The first-order chi connectivity index (χ1) is 12.3. The highest BCUT2D eigenvalue weighted by Crippen LogP contribution is 2.25. The van der Waals surface area contributed by atoms with E-state index in [1.807, 2.05) is 64.2 Å². The smallest absolute Gasteiger partial charge is 0.317 e. The molecule has 0 bridgehead atoms. The summed E-state index contributed by atoms with van der Waals surface area (Å²) in [5.41, 5.74) is 3.10. The van der Waals surface area contributed by atoms with E-state index in [1.54, 1.807) is 0 Å². The monoisotopic (exact) mass is 335 g/mol. The summed E-state index contributed by atoms with van der Waals surface area (Å²) in [5.74, 6) is 0. The van der Waals surface area contributed by atoms with Gasteiger partial charge in [-0.3, -0.25) is 0 Å². The van der Waals surface area contributed by atoms with Crippen molar-refractivity contribution in [3.63, 3.8) is 0 Å². The standard InChI is InChI=1S/C19H21N5O/c25-19(20-14-15-6-2-1-3-7-15)23-12-10-16(11-13-23)24-18-9-5-4-8-17(18)21-22-24/h1-9,16H,10-14H2,(H,20,25). The van der Waals surface area contributed by atoms with Crippen LogP contribution in [0.3, 0.4) is 0 Å². The highest BCUT2D eigenvalue weighted by Gasteiger charge is 2.25. The Hall–Kier alpha value is -2.89. The summed E-state index contributed by atoms with van der Waals surface area (Å²) in [4.78, 5) is 14.2. The van der Waals surface area contributed by atoms with Gasteiger partial charge in [-0.2, -0.15) is 0 Å². The van der Waals surface area contributed by atoms with Gasteiger partial charge in [0.25, 0.3) is 0 Å². The molecule has 0 atom stereocenters. The lowest BCUT2D eigenvalue weighted by Gasteiger charge is -2.32. The number of likely N-dealkylation sites (tertiary alicyclic amines) is 1. The summed E-state index contributed by atoms with van der Waals surface area (Å²) >= 11 is 0. The molecule has 1 N–H and O–H groups in total. The van der Waals surface area contributed by atoms with Crippen LogP contribution < -0.4 is 5.32 Å². The second-order valence-electron chi connectivity index (χ2n) is 6.39. The third-order valence-corrected chi connectivity index (χ3v) is 4.76. The van der Waals surface area contributed by atoms with Crippen molar-refractivity contribution in [2.75, 3.05) is 13.1 Å². The number of nitrogens with one attached hydrogen (secondary N) is 1. The molecule has 0 spiro atoms. The molecule has 128 valence electrons. The van der Waals surface area contributed by atoms with Gasteiger partial charge < -0.3 is 10.2 Å². The number of piperidine rings is 1. The van der Waals surface area contributed by atoms with Gasteiger partial charge in [-0.25, -0.2) is 9.48 Å². The van der Waals surface area contributed by atoms with E-state index in [0.717, 1.165) is 42.5 Å². The van der Waals surface area contributed by atoms with Crippen molar-refractivity contribution in [1.82, 2.24) is 25.2 Å². The molecule has 3 aromatic rings. The van der Waals surface area contributed by atoms with Gasteiger partial charge in [0.1, 0.15) is 5.52 Å². The largest absolute Gasteiger partial charge is 0.334 e. The first-order valence-corrected chi connectivity index (χ1v) is 8.68. The second kappa shape index (κ2) is 6.93. The Morgan fingerprint density at radius 3 is 2.56 bits per heavy atom. The van der Waals surface area contributed by atoms with Crippen molar-refractivity contribution in [2.45, 2.75) is 25.4 Å². The number of carbonyl (C=O) groups is 1. The molecule has 1 aromatic heterocycles. The maximum absolute atomic E-state index is 12.4. The Labute approximate surface area is 146 Å². The van der Waals surface area contributed by atoms with E-state index in [9.17, 15) is 4.79 Å². The van der Waals surface area contributed by atoms with Gasteiger partial charge in [0.2, 0.25) is 0 Å². The van der Waals surface area contributed by atoms with Crippen molar-refractivity contribution < 1.29 is 4.79 Å². The van der Waals surface area contributed by atoms with Crippen LogP contribution in [0.4, 0.5) is 4.79 Å². The van der Waals surface area contributed by atoms with Crippen LogP contribution in [-0.2, 0) is 6.54 Å². The summed E-state index contributed by atoms with van der Waals surface area (Å²) in [6, 6.07) is 18.3. The number of fused-ring (bicyclic) bond motifs is 1. The number of benzene rings is 2. The normalized spacial score (nSPS) is 15.4. The van der Waals surface area contributed by atoms with E-state index in [1.165, 1.54) is 0 Å². The quantitative estimate of drug-likeness (QED) is 0.800. The maximum Gasteiger partial charge on any atom is 0.317 e. The Kier molecular flexibility index (Phi) is 4.33. The zero-order valence-corrected chi connectivity index (χ0v) is 14.0. The van der Waals surface area contributed by atoms with Gasteiger partial charge >= 0.3 is 6.03 Å². The van der Waals surface area contributed by atoms with Crippen LogP contribution >= 0.6 is 0 Å². The van der Waals surface area contributed by atoms with E-state index in [0.29, 0.717) is 12.6 Å². The molecular formula is C19H21N5O. The number of amides is 2. The fourth-order valence-electron chi connectivity index (χ4n) is 3.36. The zero-order chi connectivity index (χ0) is 17.1. The molecule has 0 saturated carbocycles. The molecule has 2 heterocycles. The average Bonchev–Trinajstić information content (AvgIpc) is 3.11. The highest BCUT2D eigenvalue weighted by atomic mass is 16.2. The van der Waals surface area contributed by atoms with Crippen LogP contribution in [0.1, 0.15) is 24.4 Å². The Morgan fingerprint density at radius 1 is 1.04 bits per heavy atom. The van der Waals surface area contributed by atoms with Crippen LogP contribution in [0, 0.1) is 0 Å². The molecule has 0 aliphatic carbocycles. The maximum atomic E-state index is 12.4. The number of para-hydroxylation sites is 1. The molecule has 6 nitrogen and oxygen atoms in total. The minimum Gasteiger partial charge on any atom is -0.334 e. The lowest BCUT2D eigenvalue weighted by molar-refractivity contribution is 0.169. The molecule has 0 unspecified atom stereocenters. The molecule has 2 aromatic carbocycles. The number of aromatic nitrogens is 3. The van der Waals surface area contributed by atoms with Gasteiger partial charge in [0.05, 0.1) is 11.6 Å². The lowest BCUT2D eigenvalue weighted by atomic mass is 10.1. The Morgan fingerprint density at radius 2 is 1.76 bits per heavy atom. The van der Waals surface area contributed by atoms with Gasteiger partial charge in [-0.1, -0.05) is 47.7 Å². The van der Waals surface area contributed by atoms with Crippen molar-refractivity contribution >= 4 is 17.1 Å². The molecule has 1 fully saturated rings. The third-order valence-electron chi connectivity index (χ3n) is 4.76. The molecule has 0 radical (unpaired) electrons. The van der Waals surface area contributed by atoms with E-state index in [4.69, 9.17) is 0 Å². The van der Waals surface area contributed by atoms with Crippen LogP contribution in [0.15, 0.2) is 54.6 Å². The summed E-state index contributed by atoms with van der Waals surface area (Å²) in [7, 11) is 0. The molecule has 6 heteroatoms. The Balaban J connectivity index is 1.34. The minimum absolute atomic E-state index is 0.00533. The van der Waals surface area contributed by atoms with Gasteiger partial charge in [0, 0.05) is 19.6 Å². The summed E-state index contributed by atoms with van der Waals surface area (Å²) in [6.07, 6.45) is 1.79. The van der Waals surface area contributed by atoms with Crippen LogP contribution in [0.5, 0.6) is 0 Å². The Bertz CT molecular complexity index is 852. The summed E-state index contributed by atoms with van der Waals surface area (Å²) in [6.45, 7) is 2.03. The van der Waals surface area contributed by atoms with Crippen LogP contribution in [-0.4, -0.2) is 39.0 Å². The molecule has 1 saturated heterocycles. The van der Waals surface area contributed by atoms with Gasteiger partial charge in [0.15, 0.2) is 0 Å². The predicted molar refractivity (Wildman–Crippen MR) is 96.0 cm³/mol. The van der Waals surface area contributed by atoms with Crippen molar-refractivity contribution in [1.29, 1.82) is 0 Å². The number of carbonyl (C=O) groups excluding carboxylic acids is 1. The minimum atomic E-state index is 0.00533. The summed E-state index contributed by atoms with van der Waals surface area (Å²) in [5, 5.41) is 11.5. The van der Waals surface area contributed by atoms with E-state index in [-0.39, 0.29) is 6.03 Å². The van der Waals surface area contributed by atoms with Gasteiger partial charge in [-0.15, -0.1) is 5.10 Å². The van der Waals surface area contributed by atoms with E-state index < -0.39 is 0 Å². The number of urea groups is 1. The molecular weight excluding hydrogens is 314 g/mol. The number of rotatable bonds is 3. The fraction of sp³-hybridized carbons (Fsp3) is 0.316. The highest BCUT2D eigenvalue weighted by molar-refractivity contribution is 5.75. The molecule has 4 rings (SSSR count). The first kappa shape index (κ1) is 15.6. The zero-order valence-electron chi connectivity index (χ0n) is 14.0. The van der Waals surface area contributed by atoms with Crippen molar-refractivity contribution in [2.24, 2.45) is 0 Å². The van der Waals surface area contributed by atoms with E-state index >= 15 is 0 Å².